The Morgan fingerprint density at radius 1 is 0.949 bits per heavy atom. The fraction of sp³-hybridized carbons (Fsp3) is 0.310. The van der Waals surface area contributed by atoms with Gasteiger partial charge in [-0.25, -0.2) is 12.8 Å². The molecule has 10 heteroatoms. The lowest BCUT2D eigenvalue weighted by molar-refractivity contribution is -0.140. The zero-order chi connectivity index (χ0) is 28.4. The summed E-state index contributed by atoms with van der Waals surface area (Å²) in [5.41, 5.74) is 0.902. The minimum absolute atomic E-state index is 0.00242. The van der Waals surface area contributed by atoms with Crippen molar-refractivity contribution in [2.24, 2.45) is 0 Å². The highest BCUT2D eigenvalue weighted by molar-refractivity contribution is 7.92. The summed E-state index contributed by atoms with van der Waals surface area (Å²) in [5, 5.41) is 3.25. The van der Waals surface area contributed by atoms with Crippen molar-refractivity contribution in [3.8, 4) is 0 Å². The van der Waals surface area contributed by atoms with Gasteiger partial charge in [0.2, 0.25) is 11.8 Å². The summed E-state index contributed by atoms with van der Waals surface area (Å²) in [7, 11) is -4.17. The summed E-state index contributed by atoms with van der Waals surface area (Å²) in [6.45, 7) is 3.71. The number of unbranched alkanes of at least 4 members (excludes halogenated alkanes) is 1. The molecule has 3 aromatic rings. The molecule has 0 fully saturated rings. The third-order valence-corrected chi connectivity index (χ3v) is 8.25. The Kier molecular flexibility index (Phi) is 10.9. The Morgan fingerprint density at radius 3 is 2.18 bits per heavy atom. The molecule has 0 bridgehead atoms. The number of anilines is 1. The number of hydrogen-bond acceptors (Lipinski definition) is 4. The first-order valence-corrected chi connectivity index (χ1v) is 14.6. The largest absolute Gasteiger partial charge is 0.354 e. The van der Waals surface area contributed by atoms with E-state index in [1.54, 1.807) is 37.3 Å². The summed E-state index contributed by atoms with van der Waals surface area (Å²) in [4.78, 5) is 28.4. The topological polar surface area (TPSA) is 86.8 Å². The Balaban J connectivity index is 2.00. The van der Waals surface area contributed by atoms with Gasteiger partial charge < -0.3 is 10.2 Å². The van der Waals surface area contributed by atoms with Gasteiger partial charge in [0, 0.05) is 18.1 Å². The number of carbonyl (C=O) groups excluding carboxylic acids is 2. The Bertz CT molecular complexity index is 1340. The monoisotopic (exact) mass is 573 g/mol. The Labute approximate surface area is 234 Å². The van der Waals surface area contributed by atoms with Crippen LogP contribution < -0.4 is 9.62 Å². The number of carbonyl (C=O) groups is 2. The van der Waals surface area contributed by atoms with Crippen molar-refractivity contribution in [3.05, 3.63) is 95.3 Å². The lowest BCUT2D eigenvalue weighted by Gasteiger charge is -2.33. The predicted molar refractivity (Wildman–Crippen MR) is 151 cm³/mol. The maximum absolute atomic E-state index is 13.9. The van der Waals surface area contributed by atoms with Gasteiger partial charge in [-0.3, -0.25) is 13.9 Å². The minimum Gasteiger partial charge on any atom is -0.354 e. The third-order valence-electron chi connectivity index (χ3n) is 6.21. The molecule has 0 radical (unpaired) electrons. The molecule has 0 spiro atoms. The van der Waals surface area contributed by atoms with Crippen molar-refractivity contribution in [2.75, 3.05) is 17.4 Å². The zero-order valence-corrected chi connectivity index (χ0v) is 23.6. The average molecular weight is 574 g/mol. The molecule has 1 N–H and O–H groups in total. The van der Waals surface area contributed by atoms with Crippen LogP contribution in [0.2, 0.25) is 5.02 Å². The molecule has 1 atom stereocenters. The number of benzene rings is 3. The second kappa shape index (κ2) is 14.1. The first kappa shape index (κ1) is 30.1. The summed E-state index contributed by atoms with van der Waals surface area (Å²) >= 11 is 5.97. The molecule has 7 nitrogen and oxygen atoms in total. The van der Waals surface area contributed by atoms with Crippen LogP contribution in [0.1, 0.15) is 38.7 Å². The van der Waals surface area contributed by atoms with E-state index < -0.39 is 34.3 Å². The van der Waals surface area contributed by atoms with Crippen LogP contribution in [0.5, 0.6) is 0 Å². The molecule has 0 heterocycles. The van der Waals surface area contributed by atoms with Gasteiger partial charge in [0.1, 0.15) is 18.4 Å². The standard InChI is InChI=1S/C29H33ClFN3O4S/c1-3-5-19-32-29(36)27(4-2)33(20-22-11-15-24(31)16-12-22)28(35)21-34(25-9-7-6-8-10-25)39(37,38)26-17-13-23(30)14-18-26/h6-18,27H,3-5,19-21H2,1-2H3,(H,32,36)/t27-/m0/s1. The lowest BCUT2D eigenvalue weighted by atomic mass is 10.1. The molecule has 2 amide bonds. The number of hydrogen-bond donors (Lipinski definition) is 1. The molecule has 0 unspecified atom stereocenters. The number of nitrogens with one attached hydrogen (secondary N) is 1. The van der Waals surface area contributed by atoms with E-state index in [0.717, 1.165) is 17.1 Å². The molecular formula is C29H33ClFN3O4S. The Hall–Kier alpha value is -3.43. The van der Waals surface area contributed by atoms with Crippen LogP contribution >= 0.6 is 11.6 Å². The second-order valence-corrected chi connectivity index (χ2v) is 11.3. The molecule has 3 rings (SSSR count). The van der Waals surface area contributed by atoms with E-state index in [-0.39, 0.29) is 17.3 Å². The van der Waals surface area contributed by atoms with Gasteiger partial charge in [-0.1, -0.05) is 62.2 Å². The smallest absolute Gasteiger partial charge is 0.264 e. The highest BCUT2D eigenvalue weighted by Crippen LogP contribution is 2.25. The van der Waals surface area contributed by atoms with E-state index in [0.29, 0.717) is 29.2 Å². The molecule has 3 aromatic carbocycles. The first-order chi connectivity index (χ1) is 18.7. The highest BCUT2D eigenvalue weighted by Gasteiger charge is 2.33. The highest BCUT2D eigenvalue weighted by atomic mass is 35.5. The van der Waals surface area contributed by atoms with Crippen LogP contribution in [0.3, 0.4) is 0 Å². The van der Waals surface area contributed by atoms with Crippen LogP contribution in [-0.4, -0.2) is 44.3 Å². The van der Waals surface area contributed by atoms with Gasteiger partial charge >= 0.3 is 0 Å². The fourth-order valence-corrected chi connectivity index (χ4v) is 5.61. The van der Waals surface area contributed by atoms with Crippen molar-refractivity contribution < 1.29 is 22.4 Å². The first-order valence-electron chi connectivity index (χ1n) is 12.8. The van der Waals surface area contributed by atoms with Gasteiger partial charge in [-0.2, -0.15) is 0 Å². The number of sulfonamides is 1. The third kappa shape index (κ3) is 8.03. The van der Waals surface area contributed by atoms with Crippen molar-refractivity contribution in [1.82, 2.24) is 10.2 Å². The van der Waals surface area contributed by atoms with Crippen molar-refractivity contribution in [1.29, 1.82) is 0 Å². The van der Waals surface area contributed by atoms with Crippen LogP contribution in [0.4, 0.5) is 10.1 Å². The average Bonchev–Trinajstić information content (AvgIpc) is 2.93. The maximum atomic E-state index is 13.9. The second-order valence-electron chi connectivity index (χ2n) is 9.02. The van der Waals surface area contributed by atoms with Crippen LogP contribution in [0.15, 0.2) is 83.8 Å². The predicted octanol–water partition coefficient (Wildman–Crippen LogP) is 5.40. The van der Waals surface area contributed by atoms with Gasteiger partial charge in [0.25, 0.3) is 10.0 Å². The molecule has 0 saturated heterocycles. The lowest BCUT2D eigenvalue weighted by Crippen LogP contribution is -2.52. The Morgan fingerprint density at radius 2 is 1.59 bits per heavy atom. The van der Waals surface area contributed by atoms with E-state index in [4.69, 9.17) is 11.6 Å². The fourth-order valence-electron chi connectivity index (χ4n) is 4.07. The number of nitrogens with zero attached hydrogens (tertiary/aromatic N) is 2. The summed E-state index contributed by atoms with van der Waals surface area (Å²) in [6.07, 6.45) is 1.99. The summed E-state index contributed by atoms with van der Waals surface area (Å²) in [6, 6.07) is 18.8. The maximum Gasteiger partial charge on any atom is 0.264 e. The van der Waals surface area contributed by atoms with Crippen molar-refractivity contribution >= 4 is 39.1 Å². The van der Waals surface area contributed by atoms with Crippen LogP contribution in [0.25, 0.3) is 0 Å². The molecular weight excluding hydrogens is 541 g/mol. The molecule has 0 aliphatic rings. The number of halogens is 2. The quantitative estimate of drug-likeness (QED) is 0.277. The molecule has 39 heavy (non-hydrogen) atoms. The number of amides is 2. The molecule has 208 valence electrons. The van der Waals surface area contributed by atoms with Gasteiger partial charge in [-0.15, -0.1) is 0 Å². The molecule has 0 saturated carbocycles. The number of para-hydroxylation sites is 1. The van der Waals surface area contributed by atoms with Gasteiger partial charge in [0.15, 0.2) is 0 Å². The van der Waals surface area contributed by atoms with Crippen LogP contribution in [0, 0.1) is 5.82 Å². The van der Waals surface area contributed by atoms with Crippen LogP contribution in [-0.2, 0) is 26.2 Å². The van der Waals surface area contributed by atoms with Gasteiger partial charge in [0.05, 0.1) is 10.6 Å². The van der Waals surface area contributed by atoms with E-state index in [1.165, 1.54) is 53.4 Å². The van der Waals surface area contributed by atoms with Crippen molar-refractivity contribution in [3.63, 3.8) is 0 Å². The van der Waals surface area contributed by atoms with E-state index in [2.05, 4.69) is 5.32 Å². The van der Waals surface area contributed by atoms with E-state index in [9.17, 15) is 22.4 Å². The summed E-state index contributed by atoms with van der Waals surface area (Å²) in [5.74, 6) is -1.32. The van der Waals surface area contributed by atoms with E-state index in [1.807, 2.05) is 6.92 Å². The summed E-state index contributed by atoms with van der Waals surface area (Å²) < 4.78 is 42.1. The zero-order valence-electron chi connectivity index (χ0n) is 22.0. The normalized spacial score (nSPS) is 12.0. The number of rotatable bonds is 13. The molecule has 0 aliphatic carbocycles. The molecule has 0 aromatic heterocycles. The SMILES string of the molecule is CCCCNC(=O)[C@H](CC)N(Cc1ccc(F)cc1)C(=O)CN(c1ccccc1)S(=O)(=O)c1ccc(Cl)cc1. The van der Waals surface area contributed by atoms with E-state index >= 15 is 0 Å². The van der Waals surface area contributed by atoms with Crippen molar-refractivity contribution in [2.45, 2.75) is 50.6 Å². The molecule has 0 aliphatic heterocycles. The minimum atomic E-state index is -4.17. The van der Waals surface area contributed by atoms with Gasteiger partial charge in [-0.05, 0) is 66.9 Å².